The van der Waals surface area contributed by atoms with Gasteiger partial charge in [-0.25, -0.2) is 9.59 Å². The second-order valence-electron chi connectivity index (χ2n) is 13.5. The van der Waals surface area contributed by atoms with Crippen LogP contribution in [0, 0.1) is 6.92 Å². The van der Waals surface area contributed by atoms with E-state index in [0.717, 1.165) is 11.1 Å². The van der Waals surface area contributed by atoms with Crippen molar-refractivity contribution in [3.8, 4) is 0 Å². The van der Waals surface area contributed by atoms with Gasteiger partial charge in [0.2, 0.25) is 17.7 Å². The van der Waals surface area contributed by atoms with E-state index in [1.54, 1.807) is 60.6 Å². The summed E-state index contributed by atoms with van der Waals surface area (Å²) in [6, 6.07) is 12.0. The lowest BCUT2D eigenvalue weighted by molar-refractivity contribution is -0.159. The number of hydrogen-bond acceptors (Lipinski definition) is 7. The van der Waals surface area contributed by atoms with E-state index in [-0.39, 0.29) is 6.42 Å². The van der Waals surface area contributed by atoms with Crippen LogP contribution < -0.4 is 16.4 Å². The number of primary amides is 1. The van der Waals surface area contributed by atoms with E-state index < -0.39 is 71.6 Å². The van der Waals surface area contributed by atoms with Crippen LogP contribution in [-0.4, -0.2) is 64.0 Å². The molecule has 0 aliphatic carbocycles. The molecule has 4 amide bonds. The summed E-state index contributed by atoms with van der Waals surface area (Å²) in [4.78, 5) is 68.3. The van der Waals surface area contributed by atoms with Crippen molar-refractivity contribution in [2.24, 2.45) is 5.73 Å². The topological polar surface area (TPSA) is 157 Å². The maximum Gasteiger partial charge on any atom is 0.408 e. The van der Waals surface area contributed by atoms with Gasteiger partial charge in [-0.15, -0.1) is 0 Å². The van der Waals surface area contributed by atoms with Crippen molar-refractivity contribution in [2.75, 3.05) is 0 Å². The molecule has 11 heteroatoms. The summed E-state index contributed by atoms with van der Waals surface area (Å²) in [7, 11) is 0. The fraction of sp³-hybridized carbons (Fsp3) is 0.514. The maximum absolute atomic E-state index is 14.4. The van der Waals surface area contributed by atoms with Crippen molar-refractivity contribution in [3.63, 3.8) is 0 Å². The Labute approximate surface area is 272 Å². The first-order chi connectivity index (χ1) is 21.3. The Kier molecular flexibility index (Phi) is 13.3. The molecule has 0 fully saturated rings. The number of aryl methyl sites for hydroxylation is 1. The number of benzene rings is 2. The average molecular weight is 639 g/mol. The van der Waals surface area contributed by atoms with E-state index in [1.165, 1.54) is 4.90 Å². The smallest absolute Gasteiger partial charge is 0.408 e. The van der Waals surface area contributed by atoms with Crippen LogP contribution in [0.2, 0.25) is 0 Å². The lowest BCUT2D eigenvalue weighted by Gasteiger charge is -2.38. The Hall–Kier alpha value is -4.41. The monoisotopic (exact) mass is 638 g/mol. The first-order valence-corrected chi connectivity index (χ1v) is 15.5. The highest BCUT2D eigenvalue weighted by atomic mass is 16.6. The number of carbonyl (C=O) groups excluding carboxylic acids is 5. The number of nitrogens with one attached hydrogen (secondary N) is 2. The van der Waals surface area contributed by atoms with Gasteiger partial charge in [0.1, 0.15) is 29.3 Å². The minimum atomic E-state index is -1.42. The molecular formula is C35H50N4O7. The Morgan fingerprint density at radius 3 is 1.89 bits per heavy atom. The number of carbonyl (C=O) groups is 5. The van der Waals surface area contributed by atoms with Gasteiger partial charge in [0.25, 0.3) is 0 Å². The molecule has 2 rings (SSSR count). The van der Waals surface area contributed by atoms with E-state index in [1.807, 2.05) is 56.3 Å². The summed E-state index contributed by atoms with van der Waals surface area (Å²) in [5.74, 6) is -2.81. The van der Waals surface area contributed by atoms with Gasteiger partial charge in [-0.2, -0.15) is 0 Å². The van der Waals surface area contributed by atoms with Crippen LogP contribution in [-0.2, 0) is 35.1 Å². The van der Waals surface area contributed by atoms with Crippen molar-refractivity contribution in [2.45, 2.75) is 117 Å². The first-order valence-electron chi connectivity index (χ1n) is 15.5. The number of esters is 1. The van der Waals surface area contributed by atoms with Gasteiger partial charge < -0.3 is 30.7 Å². The van der Waals surface area contributed by atoms with E-state index in [4.69, 9.17) is 15.2 Å². The van der Waals surface area contributed by atoms with E-state index in [2.05, 4.69) is 10.6 Å². The highest BCUT2D eigenvalue weighted by molar-refractivity contribution is 5.96. The Bertz CT molecular complexity index is 1350. The average Bonchev–Trinajstić information content (AvgIpc) is 2.93. The number of nitrogens with two attached hydrogens (primary N) is 1. The molecule has 0 aliphatic heterocycles. The molecule has 0 heterocycles. The van der Waals surface area contributed by atoms with Crippen molar-refractivity contribution in [1.82, 2.24) is 15.5 Å². The third kappa shape index (κ3) is 12.2. The molecule has 0 spiro atoms. The van der Waals surface area contributed by atoms with Gasteiger partial charge in [-0.3, -0.25) is 14.4 Å². The van der Waals surface area contributed by atoms with Crippen molar-refractivity contribution < 1.29 is 33.4 Å². The molecule has 4 N–H and O–H groups in total. The lowest BCUT2D eigenvalue weighted by atomic mass is 9.97. The molecule has 2 aromatic rings. The molecular weight excluding hydrogens is 588 g/mol. The van der Waals surface area contributed by atoms with Gasteiger partial charge in [0, 0.05) is 12.5 Å². The SMILES string of the molecule is CCC(C)N(C(=O)C(CC(N)=O)NC(=O)OC(C)(C)C)C(C(=O)NC(Cc1ccccc1)C(=O)OC(C)(C)C)c1ccc(C)cc1. The molecule has 0 saturated carbocycles. The highest BCUT2D eigenvalue weighted by Gasteiger charge is 2.40. The maximum atomic E-state index is 14.4. The van der Waals surface area contributed by atoms with Crippen molar-refractivity contribution in [3.05, 3.63) is 71.3 Å². The second kappa shape index (κ2) is 16.2. The quantitative estimate of drug-likeness (QED) is 0.273. The molecule has 2 aromatic carbocycles. The van der Waals surface area contributed by atoms with Gasteiger partial charge in [0.15, 0.2) is 0 Å². The molecule has 0 aliphatic rings. The zero-order chi connectivity index (χ0) is 34.8. The minimum Gasteiger partial charge on any atom is -0.458 e. The molecule has 11 nitrogen and oxygen atoms in total. The molecule has 46 heavy (non-hydrogen) atoms. The molecule has 0 bridgehead atoms. The summed E-state index contributed by atoms with van der Waals surface area (Å²) < 4.78 is 11.0. The summed E-state index contributed by atoms with van der Waals surface area (Å²) in [5.41, 5.74) is 6.00. The van der Waals surface area contributed by atoms with Crippen LogP contribution in [0.5, 0.6) is 0 Å². The Balaban J connectivity index is 2.63. The fourth-order valence-electron chi connectivity index (χ4n) is 4.68. The van der Waals surface area contributed by atoms with Crippen LogP contribution in [0.4, 0.5) is 4.79 Å². The molecule has 252 valence electrons. The number of hydrogen-bond donors (Lipinski definition) is 3. The summed E-state index contributed by atoms with van der Waals surface area (Å²) in [5, 5.41) is 5.33. The predicted molar refractivity (Wildman–Crippen MR) is 175 cm³/mol. The van der Waals surface area contributed by atoms with Crippen molar-refractivity contribution >= 4 is 29.8 Å². The minimum absolute atomic E-state index is 0.143. The van der Waals surface area contributed by atoms with Crippen LogP contribution in [0.15, 0.2) is 54.6 Å². The number of alkyl carbamates (subject to hydrolysis) is 1. The standard InChI is InChI=1S/C35H50N4O7/c1-10-23(3)39(31(42)26(21-28(36)40)38-33(44)46-35(7,8)9)29(25-18-16-22(2)17-19-25)30(41)37-27(32(43)45-34(4,5)6)20-24-14-12-11-13-15-24/h11-19,23,26-27,29H,10,20-21H2,1-9H3,(H2,36,40)(H,37,41)(H,38,44). The summed E-state index contributed by atoms with van der Waals surface area (Å²) in [6.07, 6.45) is -0.872. The van der Waals surface area contributed by atoms with E-state index >= 15 is 0 Å². The normalized spacial score (nSPS) is 14.2. The third-order valence-corrected chi connectivity index (χ3v) is 6.92. The summed E-state index contributed by atoms with van der Waals surface area (Å²) in [6.45, 7) is 15.7. The van der Waals surface area contributed by atoms with Crippen molar-refractivity contribution in [1.29, 1.82) is 0 Å². The van der Waals surface area contributed by atoms with Gasteiger partial charge >= 0.3 is 12.1 Å². The number of ether oxygens (including phenoxy) is 2. The molecule has 4 atom stereocenters. The third-order valence-electron chi connectivity index (χ3n) is 6.92. The van der Waals surface area contributed by atoms with Gasteiger partial charge in [-0.1, -0.05) is 67.1 Å². The van der Waals surface area contributed by atoms with Crippen LogP contribution >= 0.6 is 0 Å². The lowest BCUT2D eigenvalue weighted by Crippen LogP contribution is -2.57. The molecule has 0 saturated heterocycles. The number of rotatable bonds is 13. The zero-order valence-corrected chi connectivity index (χ0v) is 28.5. The Morgan fingerprint density at radius 1 is 0.826 bits per heavy atom. The van der Waals surface area contributed by atoms with E-state index in [0.29, 0.717) is 12.0 Å². The van der Waals surface area contributed by atoms with Gasteiger partial charge in [0.05, 0.1) is 6.42 Å². The predicted octanol–water partition coefficient (Wildman–Crippen LogP) is 4.50. The number of nitrogens with zero attached hydrogens (tertiary/aromatic N) is 1. The fourth-order valence-corrected chi connectivity index (χ4v) is 4.68. The zero-order valence-electron chi connectivity index (χ0n) is 28.5. The van der Waals surface area contributed by atoms with E-state index in [9.17, 15) is 24.0 Å². The first kappa shape index (κ1) is 37.8. The molecule has 4 unspecified atom stereocenters. The van der Waals surface area contributed by atoms with Crippen LogP contribution in [0.25, 0.3) is 0 Å². The Morgan fingerprint density at radius 2 is 1.39 bits per heavy atom. The largest absolute Gasteiger partial charge is 0.458 e. The highest BCUT2D eigenvalue weighted by Crippen LogP contribution is 2.28. The van der Waals surface area contributed by atoms with Crippen LogP contribution in [0.1, 0.15) is 91.0 Å². The molecule has 0 aromatic heterocycles. The summed E-state index contributed by atoms with van der Waals surface area (Å²) >= 11 is 0. The van der Waals surface area contributed by atoms with Crippen LogP contribution in [0.3, 0.4) is 0 Å². The molecule has 0 radical (unpaired) electrons. The van der Waals surface area contributed by atoms with Gasteiger partial charge in [-0.05, 0) is 72.9 Å². The second-order valence-corrected chi connectivity index (χ2v) is 13.5. The number of amides is 4.